The van der Waals surface area contributed by atoms with Crippen LogP contribution in [0.3, 0.4) is 0 Å². The van der Waals surface area contributed by atoms with Crippen LogP contribution >= 0.6 is 0 Å². The lowest BCUT2D eigenvalue weighted by molar-refractivity contribution is 0.0597. The second-order valence-electron chi connectivity index (χ2n) is 3.12. The smallest absolute Gasteiger partial charge is 0.341 e. The highest BCUT2D eigenvalue weighted by Crippen LogP contribution is 2.23. The number of esters is 1. The van der Waals surface area contributed by atoms with E-state index in [1.165, 1.54) is 19.2 Å². The summed E-state index contributed by atoms with van der Waals surface area (Å²) in [6.45, 7) is 1.72. The normalized spacial score (nSPS) is 11.5. The predicted octanol–water partition coefficient (Wildman–Crippen LogP) is 1.81. The topological polar surface area (TPSA) is 70.3 Å². The molecule has 0 saturated heterocycles. The van der Waals surface area contributed by atoms with Crippen LogP contribution in [0.15, 0.2) is 18.2 Å². The van der Waals surface area contributed by atoms with Crippen LogP contribution in [0.2, 0.25) is 0 Å². The maximum absolute atomic E-state index is 11.2. The number of nitrogens with zero attached hydrogens (tertiary/aromatic N) is 1. The number of phenolic OH excluding ortho intramolecular Hbond substituents is 1. The lowest BCUT2D eigenvalue weighted by atomic mass is 10.00. The van der Waals surface area contributed by atoms with Crippen LogP contribution in [0.4, 0.5) is 0 Å². The zero-order valence-corrected chi connectivity index (χ0v) is 8.52. The third-order valence-corrected chi connectivity index (χ3v) is 2.12. The van der Waals surface area contributed by atoms with Crippen molar-refractivity contribution < 1.29 is 14.6 Å². The molecule has 1 aromatic rings. The Morgan fingerprint density at radius 1 is 1.60 bits per heavy atom. The zero-order valence-electron chi connectivity index (χ0n) is 8.52. The van der Waals surface area contributed by atoms with Gasteiger partial charge < -0.3 is 9.84 Å². The van der Waals surface area contributed by atoms with Crippen molar-refractivity contribution in [3.8, 4) is 11.8 Å². The number of hydrogen-bond acceptors (Lipinski definition) is 4. The fraction of sp³-hybridized carbons (Fsp3) is 0.273. The van der Waals surface area contributed by atoms with Crippen molar-refractivity contribution in [1.29, 1.82) is 5.26 Å². The number of carbonyl (C=O) groups excluding carboxylic acids is 1. The number of hydrogen-bond donors (Lipinski definition) is 1. The van der Waals surface area contributed by atoms with Gasteiger partial charge in [-0.3, -0.25) is 0 Å². The van der Waals surface area contributed by atoms with Gasteiger partial charge in [-0.2, -0.15) is 5.26 Å². The van der Waals surface area contributed by atoms with Crippen molar-refractivity contribution in [3.63, 3.8) is 0 Å². The largest absolute Gasteiger partial charge is 0.507 e. The van der Waals surface area contributed by atoms with E-state index in [1.807, 2.05) is 0 Å². The summed E-state index contributed by atoms with van der Waals surface area (Å²) in [5.74, 6) is -1.08. The van der Waals surface area contributed by atoms with E-state index in [2.05, 4.69) is 10.8 Å². The summed E-state index contributed by atoms with van der Waals surface area (Å²) in [5, 5.41) is 18.1. The summed E-state index contributed by atoms with van der Waals surface area (Å²) in [4.78, 5) is 11.2. The Morgan fingerprint density at radius 2 is 2.27 bits per heavy atom. The van der Waals surface area contributed by atoms with Crippen LogP contribution in [0.25, 0.3) is 0 Å². The number of nitriles is 1. The number of rotatable bonds is 2. The minimum atomic E-state index is -0.612. The zero-order chi connectivity index (χ0) is 11.4. The van der Waals surface area contributed by atoms with Gasteiger partial charge in [-0.05, 0) is 24.6 Å². The lowest BCUT2D eigenvalue weighted by Crippen LogP contribution is -2.03. The molecule has 15 heavy (non-hydrogen) atoms. The minimum absolute atomic E-state index is 0.0806. The van der Waals surface area contributed by atoms with E-state index < -0.39 is 5.97 Å². The van der Waals surface area contributed by atoms with Crippen LogP contribution in [0.5, 0.6) is 5.75 Å². The molecule has 4 nitrogen and oxygen atoms in total. The number of methoxy groups -OCH3 is 1. The molecule has 0 aliphatic rings. The number of phenols is 1. The molecular weight excluding hydrogens is 194 g/mol. The number of benzene rings is 1. The summed E-state index contributed by atoms with van der Waals surface area (Å²) in [6, 6.07) is 6.51. The molecule has 0 aliphatic carbocycles. The molecule has 0 radical (unpaired) electrons. The highest BCUT2D eigenvalue weighted by molar-refractivity contribution is 5.92. The summed E-state index contributed by atoms with van der Waals surface area (Å²) in [7, 11) is 1.24. The molecule has 0 saturated carbocycles. The van der Waals surface area contributed by atoms with Gasteiger partial charge in [0.05, 0.1) is 19.1 Å². The molecule has 0 bridgehead atoms. The Kier molecular flexibility index (Phi) is 3.29. The Bertz CT molecular complexity index is 420. The Hall–Kier alpha value is -2.02. The maximum Gasteiger partial charge on any atom is 0.341 e. The molecule has 1 rings (SSSR count). The fourth-order valence-corrected chi connectivity index (χ4v) is 1.17. The third kappa shape index (κ3) is 2.26. The Balaban J connectivity index is 3.18. The first-order valence-electron chi connectivity index (χ1n) is 4.41. The average molecular weight is 205 g/mol. The second kappa shape index (κ2) is 4.47. The van der Waals surface area contributed by atoms with Crippen LogP contribution in [-0.2, 0) is 4.74 Å². The summed E-state index contributed by atoms with van der Waals surface area (Å²) >= 11 is 0. The summed E-state index contributed by atoms with van der Waals surface area (Å²) < 4.78 is 4.50. The molecule has 1 aromatic carbocycles. The van der Waals surface area contributed by atoms with Crippen molar-refractivity contribution >= 4 is 5.97 Å². The first-order chi connectivity index (χ1) is 7.10. The van der Waals surface area contributed by atoms with Crippen molar-refractivity contribution in [2.75, 3.05) is 7.11 Å². The highest BCUT2D eigenvalue weighted by atomic mass is 16.5. The van der Waals surface area contributed by atoms with E-state index in [0.717, 1.165) is 0 Å². The van der Waals surface area contributed by atoms with Gasteiger partial charge in [-0.25, -0.2) is 4.79 Å². The molecule has 4 heteroatoms. The van der Waals surface area contributed by atoms with Gasteiger partial charge in [-0.15, -0.1) is 0 Å². The molecule has 1 unspecified atom stereocenters. The van der Waals surface area contributed by atoms with E-state index in [1.54, 1.807) is 13.0 Å². The molecule has 78 valence electrons. The average Bonchev–Trinajstić information content (AvgIpc) is 2.27. The number of aromatic hydroxyl groups is 1. The fourth-order valence-electron chi connectivity index (χ4n) is 1.17. The van der Waals surface area contributed by atoms with Gasteiger partial charge >= 0.3 is 5.97 Å². The Morgan fingerprint density at radius 3 is 2.80 bits per heavy atom. The summed E-state index contributed by atoms with van der Waals surface area (Å²) in [5.41, 5.74) is 0.757. The molecule has 1 N–H and O–H groups in total. The number of ether oxygens (including phenoxy) is 1. The predicted molar refractivity (Wildman–Crippen MR) is 53.5 cm³/mol. The maximum atomic E-state index is 11.2. The van der Waals surface area contributed by atoms with E-state index in [9.17, 15) is 9.90 Å². The standard InChI is InChI=1S/C11H11NO3/c1-7(6-12)8-3-4-10(13)9(5-8)11(14)15-2/h3-5,7,13H,1-2H3. The van der Waals surface area contributed by atoms with E-state index in [0.29, 0.717) is 5.56 Å². The van der Waals surface area contributed by atoms with Gasteiger partial charge in [0.25, 0.3) is 0 Å². The van der Waals surface area contributed by atoms with E-state index in [-0.39, 0.29) is 17.2 Å². The minimum Gasteiger partial charge on any atom is -0.507 e. The first kappa shape index (κ1) is 11.1. The quantitative estimate of drug-likeness (QED) is 0.747. The van der Waals surface area contributed by atoms with Crippen molar-refractivity contribution in [2.45, 2.75) is 12.8 Å². The van der Waals surface area contributed by atoms with E-state index in [4.69, 9.17) is 5.26 Å². The molecule has 1 atom stereocenters. The highest BCUT2D eigenvalue weighted by Gasteiger charge is 2.14. The molecule has 0 heterocycles. The van der Waals surface area contributed by atoms with Crippen molar-refractivity contribution in [2.24, 2.45) is 0 Å². The third-order valence-electron chi connectivity index (χ3n) is 2.12. The molecule has 0 fully saturated rings. The van der Waals surface area contributed by atoms with Crippen LogP contribution in [-0.4, -0.2) is 18.2 Å². The van der Waals surface area contributed by atoms with Crippen LogP contribution in [0.1, 0.15) is 28.8 Å². The van der Waals surface area contributed by atoms with Crippen molar-refractivity contribution in [1.82, 2.24) is 0 Å². The molecule has 0 amide bonds. The lowest BCUT2D eigenvalue weighted by Gasteiger charge is -2.07. The summed E-state index contributed by atoms with van der Waals surface area (Å²) in [6.07, 6.45) is 0. The molecule has 0 aliphatic heterocycles. The Labute approximate surface area is 87.7 Å². The second-order valence-corrected chi connectivity index (χ2v) is 3.12. The SMILES string of the molecule is COC(=O)c1cc(C(C)C#N)ccc1O. The monoisotopic (exact) mass is 205 g/mol. The van der Waals surface area contributed by atoms with Crippen LogP contribution in [0, 0.1) is 11.3 Å². The molecule has 0 spiro atoms. The van der Waals surface area contributed by atoms with E-state index >= 15 is 0 Å². The molecular formula is C11H11NO3. The van der Waals surface area contributed by atoms with Crippen LogP contribution < -0.4 is 0 Å². The van der Waals surface area contributed by atoms with Gasteiger partial charge in [-0.1, -0.05) is 6.07 Å². The van der Waals surface area contributed by atoms with Crippen molar-refractivity contribution in [3.05, 3.63) is 29.3 Å². The number of carbonyl (C=O) groups is 1. The first-order valence-corrected chi connectivity index (χ1v) is 4.41. The molecule has 0 aromatic heterocycles. The van der Waals surface area contributed by atoms with Gasteiger partial charge in [0, 0.05) is 0 Å². The van der Waals surface area contributed by atoms with Gasteiger partial charge in [0.2, 0.25) is 0 Å². The van der Waals surface area contributed by atoms with Gasteiger partial charge in [0.1, 0.15) is 11.3 Å². The van der Waals surface area contributed by atoms with Gasteiger partial charge in [0.15, 0.2) is 0 Å².